The Balaban J connectivity index is 2.39. The number of benzene rings is 3. The SMILES string of the molecule is O=[N+]([O-])c1cccc(Cl)c1-c1ccccc1-c1c(Cl)cccc1[N+](=O)[O-]. The molecular weight excluding hydrogens is 379 g/mol. The predicted octanol–water partition coefficient (Wildman–Crippen LogP) is 6.14. The van der Waals surface area contributed by atoms with Crippen LogP contribution in [0.2, 0.25) is 10.0 Å². The van der Waals surface area contributed by atoms with Crippen LogP contribution in [0.1, 0.15) is 0 Å². The van der Waals surface area contributed by atoms with Crippen molar-refractivity contribution in [2.45, 2.75) is 0 Å². The Hall–Kier alpha value is -2.96. The highest BCUT2D eigenvalue weighted by Crippen LogP contribution is 2.45. The van der Waals surface area contributed by atoms with Crippen LogP contribution in [0.3, 0.4) is 0 Å². The number of halogens is 2. The number of rotatable bonds is 4. The van der Waals surface area contributed by atoms with Gasteiger partial charge < -0.3 is 0 Å². The van der Waals surface area contributed by atoms with Gasteiger partial charge in [0.1, 0.15) is 0 Å². The van der Waals surface area contributed by atoms with Gasteiger partial charge in [0.25, 0.3) is 11.4 Å². The summed E-state index contributed by atoms with van der Waals surface area (Å²) in [5.74, 6) is 0. The Morgan fingerprint density at radius 3 is 1.35 bits per heavy atom. The van der Waals surface area contributed by atoms with Crippen molar-refractivity contribution in [3.05, 3.63) is 90.9 Å². The molecule has 0 atom stereocenters. The average molecular weight is 389 g/mol. The molecule has 3 aromatic carbocycles. The van der Waals surface area contributed by atoms with Gasteiger partial charge in [0.15, 0.2) is 0 Å². The zero-order valence-electron chi connectivity index (χ0n) is 13.1. The Labute approximate surface area is 157 Å². The minimum Gasteiger partial charge on any atom is -0.258 e. The summed E-state index contributed by atoms with van der Waals surface area (Å²) < 4.78 is 0. The lowest BCUT2D eigenvalue weighted by atomic mass is 9.92. The molecule has 0 saturated heterocycles. The number of hydrogen-bond donors (Lipinski definition) is 0. The topological polar surface area (TPSA) is 86.3 Å². The van der Waals surface area contributed by atoms with E-state index in [0.29, 0.717) is 11.1 Å². The van der Waals surface area contributed by atoms with Gasteiger partial charge in [-0.2, -0.15) is 0 Å². The van der Waals surface area contributed by atoms with E-state index in [1.807, 2.05) is 0 Å². The largest absolute Gasteiger partial charge is 0.278 e. The lowest BCUT2D eigenvalue weighted by molar-refractivity contribution is -0.384. The third-order valence-electron chi connectivity index (χ3n) is 3.84. The molecule has 0 amide bonds. The molecule has 8 heteroatoms. The summed E-state index contributed by atoms with van der Waals surface area (Å²) in [7, 11) is 0. The van der Waals surface area contributed by atoms with E-state index in [9.17, 15) is 20.2 Å². The Bertz CT molecular complexity index is 955. The van der Waals surface area contributed by atoms with E-state index in [1.54, 1.807) is 24.3 Å². The number of nitrogens with zero attached hydrogens (tertiary/aromatic N) is 2. The summed E-state index contributed by atoms with van der Waals surface area (Å²) in [6, 6.07) is 15.3. The van der Waals surface area contributed by atoms with Crippen molar-refractivity contribution in [1.29, 1.82) is 0 Å². The second-order valence-electron chi connectivity index (χ2n) is 5.33. The van der Waals surface area contributed by atoms with E-state index < -0.39 is 9.85 Å². The van der Waals surface area contributed by atoms with E-state index >= 15 is 0 Å². The molecule has 0 N–H and O–H groups in total. The first-order valence-electron chi connectivity index (χ1n) is 7.37. The van der Waals surface area contributed by atoms with Gasteiger partial charge in [0.05, 0.1) is 31.0 Å². The van der Waals surface area contributed by atoms with Crippen LogP contribution < -0.4 is 0 Å². The number of nitro benzene ring substituents is 2. The summed E-state index contributed by atoms with van der Waals surface area (Å²) in [5.41, 5.74) is 0.759. The third kappa shape index (κ3) is 3.12. The maximum Gasteiger partial charge on any atom is 0.278 e. The molecule has 0 aliphatic heterocycles. The lowest BCUT2D eigenvalue weighted by Gasteiger charge is -2.13. The highest BCUT2D eigenvalue weighted by atomic mass is 35.5. The van der Waals surface area contributed by atoms with Crippen LogP contribution in [0.15, 0.2) is 60.7 Å². The van der Waals surface area contributed by atoms with Gasteiger partial charge in [-0.25, -0.2) is 0 Å². The van der Waals surface area contributed by atoms with Gasteiger partial charge >= 0.3 is 0 Å². The summed E-state index contributed by atoms with van der Waals surface area (Å²) in [5, 5.41) is 23.2. The summed E-state index contributed by atoms with van der Waals surface area (Å²) in [4.78, 5) is 21.8. The summed E-state index contributed by atoms with van der Waals surface area (Å²) in [6.07, 6.45) is 0. The van der Waals surface area contributed by atoms with Gasteiger partial charge in [0, 0.05) is 12.1 Å². The normalized spacial score (nSPS) is 10.5. The molecule has 0 saturated carbocycles. The van der Waals surface area contributed by atoms with Crippen LogP contribution in [0.5, 0.6) is 0 Å². The predicted molar refractivity (Wildman–Crippen MR) is 101 cm³/mol. The van der Waals surface area contributed by atoms with Crippen molar-refractivity contribution in [2.75, 3.05) is 0 Å². The minimum absolute atomic E-state index is 0.168. The van der Waals surface area contributed by atoms with Crippen molar-refractivity contribution in [3.8, 4) is 22.3 Å². The van der Waals surface area contributed by atoms with Crippen LogP contribution in [0.4, 0.5) is 11.4 Å². The van der Waals surface area contributed by atoms with E-state index in [1.165, 1.54) is 36.4 Å². The second-order valence-corrected chi connectivity index (χ2v) is 6.14. The van der Waals surface area contributed by atoms with Crippen molar-refractivity contribution >= 4 is 34.6 Å². The molecule has 0 aromatic heterocycles. The van der Waals surface area contributed by atoms with Gasteiger partial charge in [-0.3, -0.25) is 20.2 Å². The number of hydrogen-bond acceptors (Lipinski definition) is 4. The molecule has 3 rings (SSSR count). The van der Waals surface area contributed by atoms with Crippen LogP contribution >= 0.6 is 23.2 Å². The molecule has 6 nitrogen and oxygen atoms in total. The Morgan fingerprint density at radius 1 is 0.615 bits per heavy atom. The van der Waals surface area contributed by atoms with Crippen molar-refractivity contribution in [1.82, 2.24) is 0 Å². The maximum absolute atomic E-state index is 11.4. The third-order valence-corrected chi connectivity index (χ3v) is 4.47. The van der Waals surface area contributed by atoms with Gasteiger partial charge in [0.2, 0.25) is 0 Å². The Morgan fingerprint density at radius 2 is 1.00 bits per heavy atom. The zero-order chi connectivity index (χ0) is 18.8. The first-order chi connectivity index (χ1) is 12.4. The fraction of sp³-hybridized carbons (Fsp3) is 0. The van der Waals surface area contributed by atoms with Crippen LogP contribution in [0.25, 0.3) is 22.3 Å². The molecule has 26 heavy (non-hydrogen) atoms. The van der Waals surface area contributed by atoms with Crippen molar-refractivity contribution in [2.24, 2.45) is 0 Å². The quantitative estimate of drug-likeness (QED) is 0.396. The fourth-order valence-corrected chi connectivity index (χ4v) is 3.32. The monoisotopic (exact) mass is 388 g/mol. The molecule has 0 spiro atoms. The van der Waals surface area contributed by atoms with E-state index in [4.69, 9.17) is 23.2 Å². The molecule has 0 radical (unpaired) electrons. The molecule has 0 aliphatic rings. The molecule has 0 heterocycles. The van der Waals surface area contributed by atoms with E-state index in [2.05, 4.69) is 0 Å². The second kappa shape index (κ2) is 7.11. The molecule has 0 aliphatic carbocycles. The molecule has 3 aromatic rings. The first kappa shape index (κ1) is 17.8. The van der Waals surface area contributed by atoms with Crippen LogP contribution in [-0.2, 0) is 0 Å². The lowest BCUT2D eigenvalue weighted by Crippen LogP contribution is -1.97. The van der Waals surface area contributed by atoms with Gasteiger partial charge in [-0.1, -0.05) is 59.6 Å². The van der Waals surface area contributed by atoms with Gasteiger partial charge in [-0.05, 0) is 23.3 Å². The maximum atomic E-state index is 11.4. The zero-order valence-corrected chi connectivity index (χ0v) is 14.6. The molecular formula is C18H10Cl2N2O4. The minimum atomic E-state index is -0.543. The smallest absolute Gasteiger partial charge is 0.258 e. The van der Waals surface area contributed by atoms with E-state index in [0.717, 1.165) is 0 Å². The van der Waals surface area contributed by atoms with E-state index in [-0.39, 0.29) is 32.5 Å². The fourth-order valence-electron chi connectivity index (χ4n) is 2.78. The standard InChI is InChI=1S/C18H10Cl2N2O4/c19-13-7-3-9-15(21(23)24)17(13)11-5-1-2-6-12(11)18-14(20)8-4-10-16(18)22(25)26/h1-10H. The van der Waals surface area contributed by atoms with Crippen molar-refractivity contribution < 1.29 is 9.85 Å². The summed E-state index contributed by atoms with van der Waals surface area (Å²) >= 11 is 12.5. The Kier molecular flexibility index (Phi) is 4.88. The van der Waals surface area contributed by atoms with Gasteiger partial charge in [-0.15, -0.1) is 0 Å². The molecule has 0 fully saturated rings. The van der Waals surface area contributed by atoms with Crippen molar-refractivity contribution in [3.63, 3.8) is 0 Å². The molecule has 130 valence electrons. The average Bonchev–Trinajstić information content (AvgIpc) is 2.61. The summed E-state index contributed by atoms with van der Waals surface area (Å²) in [6.45, 7) is 0. The highest BCUT2D eigenvalue weighted by molar-refractivity contribution is 6.35. The first-order valence-corrected chi connectivity index (χ1v) is 8.13. The molecule has 0 unspecified atom stereocenters. The van der Waals surface area contributed by atoms with Crippen LogP contribution in [0, 0.1) is 20.2 Å². The highest BCUT2D eigenvalue weighted by Gasteiger charge is 2.25. The molecule has 0 bridgehead atoms. The van der Waals surface area contributed by atoms with Crippen LogP contribution in [-0.4, -0.2) is 9.85 Å². The number of nitro groups is 2.